The summed E-state index contributed by atoms with van der Waals surface area (Å²) in [7, 11) is 0. The van der Waals surface area contributed by atoms with Gasteiger partial charge in [-0.15, -0.1) is 0 Å². The summed E-state index contributed by atoms with van der Waals surface area (Å²) in [5.41, 5.74) is 0.681. The molecule has 4 heteroatoms. The zero-order chi connectivity index (χ0) is 13.4. The molecule has 19 heavy (non-hydrogen) atoms. The second kappa shape index (κ2) is 4.99. The Labute approximate surface area is 114 Å². The summed E-state index contributed by atoms with van der Waals surface area (Å²) < 4.78 is 5.35. The van der Waals surface area contributed by atoms with Crippen molar-refractivity contribution in [2.75, 3.05) is 6.54 Å². The molecule has 0 spiro atoms. The standard InChI is InChI=1S/C15H22N2O2/c1-9-14(19-10(2)17-9)15(18)16-8-12-7-6-11-4-3-5-13(11)12/h11-13H,3-8H2,1-2H3,(H,16,18)/t11-,12+,13-/m0/s1. The molecule has 104 valence electrons. The van der Waals surface area contributed by atoms with E-state index in [0.29, 0.717) is 23.3 Å². The van der Waals surface area contributed by atoms with Crippen molar-refractivity contribution < 1.29 is 9.21 Å². The zero-order valence-electron chi connectivity index (χ0n) is 11.7. The highest BCUT2D eigenvalue weighted by Gasteiger charge is 2.38. The molecule has 2 aliphatic rings. The first-order valence-corrected chi connectivity index (χ1v) is 7.37. The summed E-state index contributed by atoms with van der Waals surface area (Å²) in [6.07, 6.45) is 6.75. The lowest BCUT2D eigenvalue weighted by molar-refractivity contribution is 0.0913. The quantitative estimate of drug-likeness (QED) is 0.911. The van der Waals surface area contributed by atoms with E-state index in [-0.39, 0.29) is 5.91 Å². The Morgan fingerprint density at radius 3 is 2.89 bits per heavy atom. The molecule has 1 aromatic heterocycles. The molecular formula is C15H22N2O2. The Morgan fingerprint density at radius 2 is 2.16 bits per heavy atom. The molecule has 1 amide bonds. The summed E-state index contributed by atoms with van der Waals surface area (Å²) in [5.74, 6) is 3.26. The normalized spacial score (nSPS) is 29.5. The van der Waals surface area contributed by atoms with E-state index in [0.717, 1.165) is 18.4 Å². The van der Waals surface area contributed by atoms with Gasteiger partial charge in [0, 0.05) is 13.5 Å². The van der Waals surface area contributed by atoms with Crippen LogP contribution in [-0.2, 0) is 0 Å². The van der Waals surface area contributed by atoms with E-state index < -0.39 is 0 Å². The van der Waals surface area contributed by atoms with Crippen molar-refractivity contribution in [1.82, 2.24) is 10.3 Å². The van der Waals surface area contributed by atoms with Crippen molar-refractivity contribution in [2.24, 2.45) is 17.8 Å². The topological polar surface area (TPSA) is 55.1 Å². The summed E-state index contributed by atoms with van der Waals surface area (Å²) in [4.78, 5) is 16.2. The second-order valence-electron chi connectivity index (χ2n) is 6.05. The van der Waals surface area contributed by atoms with Crippen LogP contribution in [0.1, 0.15) is 54.2 Å². The molecule has 2 saturated carbocycles. The minimum Gasteiger partial charge on any atom is -0.436 e. The van der Waals surface area contributed by atoms with Gasteiger partial charge in [-0.05, 0) is 43.9 Å². The number of oxazole rings is 1. The van der Waals surface area contributed by atoms with Crippen LogP contribution in [0.2, 0.25) is 0 Å². The number of nitrogens with one attached hydrogen (secondary N) is 1. The third kappa shape index (κ3) is 2.40. The number of nitrogens with zero attached hydrogens (tertiary/aromatic N) is 1. The van der Waals surface area contributed by atoms with Gasteiger partial charge in [-0.1, -0.05) is 12.8 Å². The van der Waals surface area contributed by atoms with Gasteiger partial charge in [0.15, 0.2) is 5.89 Å². The van der Waals surface area contributed by atoms with Crippen LogP contribution in [-0.4, -0.2) is 17.4 Å². The largest absolute Gasteiger partial charge is 0.436 e. The molecule has 0 unspecified atom stereocenters. The van der Waals surface area contributed by atoms with E-state index in [1.54, 1.807) is 6.92 Å². The van der Waals surface area contributed by atoms with Gasteiger partial charge in [-0.3, -0.25) is 4.79 Å². The molecule has 0 aromatic carbocycles. The fourth-order valence-electron chi connectivity index (χ4n) is 3.99. The van der Waals surface area contributed by atoms with Crippen LogP contribution in [0.3, 0.4) is 0 Å². The van der Waals surface area contributed by atoms with E-state index in [9.17, 15) is 4.79 Å². The number of fused-ring (bicyclic) bond motifs is 1. The molecule has 3 atom stereocenters. The fourth-order valence-corrected chi connectivity index (χ4v) is 3.99. The number of amides is 1. The molecule has 0 saturated heterocycles. The van der Waals surface area contributed by atoms with Crippen molar-refractivity contribution in [1.29, 1.82) is 0 Å². The summed E-state index contributed by atoms with van der Waals surface area (Å²) in [5, 5.41) is 3.04. The van der Waals surface area contributed by atoms with Crippen molar-refractivity contribution in [3.8, 4) is 0 Å². The second-order valence-corrected chi connectivity index (χ2v) is 6.05. The number of hydrogen-bond donors (Lipinski definition) is 1. The van der Waals surface area contributed by atoms with Gasteiger partial charge in [0.25, 0.3) is 5.91 Å². The molecule has 0 radical (unpaired) electrons. The predicted octanol–water partition coefficient (Wildman–Crippen LogP) is 2.85. The number of aryl methyl sites for hydroxylation is 2. The summed E-state index contributed by atoms with van der Waals surface area (Å²) >= 11 is 0. The molecule has 1 N–H and O–H groups in total. The maximum absolute atomic E-state index is 12.1. The van der Waals surface area contributed by atoms with Crippen LogP contribution in [0.15, 0.2) is 4.42 Å². The molecule has 1 heterocycles. The van der Waals surface area contributed by atoms with Crippen molar-refractivity contribution in [3.05, 3.63) is 17.3 Å². The minimum absolute atomic E-state index is 0.112. The Kier molecular flexibility index (Phi) is 3.33. The molecule has 3 rings (SSSR count). The van der Waals surface area contributed by atoms with E-state index in [2.05, 4.69) is 10.3 Å². The highest BCUT2D eigenvalue weighted by Crippen LogP contribution is 2.47. The number of carbonyl (C=O) groups is 1. The van der Waals surface area contributed by atoms with E-state index in [4.69, 9.17) is 4.42 Å². The van der Waals surface area contributed by atoms with Crippen LogP contribution < -0.4 is 5.32 Å². The molecule has 2 fully saturated rings. The minimum atomic E-state index is -0.112. The SMILES string of the molecule is Cc1nc(C)c(C(=O)NC[C@H]2CC[C@@H]3CCC[C@@H]32)o1. The maximum Gasteiger partial charge on any atom is 0.289 e. The number of carbonyl (C=O) groups excluding carboxylic acids is 1. The first kappa shape index (κ1) is 12.7. The number of rotatable bonds is 3. The molecule has 1 aromatic rings. The van der Waals surface area contributed by atoms with Crippen LogP contribution in [0.25, 0.3) is 0 Å². The van der Waals surface area contributed by atoms with Gasteiger partial charge in [0.05, 0.1) is 5.69 Å². The van der Waals surface area contributed by atoms with Crippen molar-refractivity contribution >= 4 is 5.91 Å². The highest BCUT2D eigenvalue weighted by atomic mass is 16.4. The number of hydrogen-bond acceptors (Lipinski definition) is 3. The lowest BCUT2D eigenvalue weighted by Gasteiger charge is -2.18. The Balaban J connectivity index is 1.57. The first-order chi connectivity index (χ1) is 9.15. The maximum atomic E-state index is 12.1. The van der Waals surface area contributed by atoms with Crippen LogP contribution in [0.5, 0.6) is 0 Å². The summed E-state index contributed by atoms with van der Waals surface area (Å²) in [6, 6.07) is 0. The van der Waals surface area contributed by atoms with Crippen molar-refractivity contribution in [3.63, 3.8) is 0 Å². The van der Waals surface area contributed by atoms with Crippen LogP contribution in [0.4, 0.5) is 0 Å². The van der Waals surface area contributed by atoms with Crippen LogP contribution in [0, 0.1) is 31.6 Å². The van der Waals surface area contributed by atoms with Gasteiger partial charge in [0.1, 0.15) is 0 Å². The Hall–Kier alpha value is -1.32. The van der Waals surface area contributed by atoms with Gasteiger partial charge in [-0.2, -0.15) is 0 Å². The van der Waals surface area contributed by atoms with E-state index >= 15 is 0 Å². The Morgan fingerprint density at radius 1 is 1.32 bits per heavy atom. The monoisotopic (exact) mass is 262 g/mol. The highest BCUT2D eigenvalue weighted by molar-refractivity contribution is 5.92. The summed E-state index contributed by atoms with van der Waals surface area (Å²) in [6.45, 7) is 4.37. The van der Waals surface area contributed by atoms with E-state index in [1.165, 1.54) is 32.1 Å². The Bertz CT molecular complexity index is 480. The smallest absolute Gasteiger partial charge is 0.289 e. The zero-order valence-corrected chi connectivity index (χ0v) is 11.7. The van der Waals surface area contributed by atoms with Gasteiger partial charge < -0.3 is 9.73 Å². The lowest BCUT2D eigenvalue weighted by atomic mass is 9.92. The third-order valence-electron chi connectivity index (χ3n) is 4.87. The number of aromatic nitrogens is 1. The molecule has 0 aliphatic heterocycles. The van der Waals surface area contributed by atoms with E-state index in [1.807, 2.05) is 6.92 Å². The molecule has 4 nitrogen and oxygen atoms in total. The van der Waals surface area contributed by atoms with Gasteiger partial charge in [0.2, 0.25) is 5.76 Å². The lowest BCUT2D eigenvalue weighted by Crippen LogP contribution is -2.31. The molecule has 2 aliphatic carbocycles. The molecular weight excluding hydrogens is 240 g/mol. The predicted molar refractivity (Wildman–Crippen MR) is 71.9 cm³/mol. The van der Waals surface area contributed by atoms with Crippen LogP contribution >= 0.6 is 0 Å². The fraction of sp³-hybridized carbons (Fsp3) is 0.733. The van der Waals surface area contributed by atoms with Gasteiger partial charge >= 0.3 is 0 Å². The van der Waals surface area contributed by atoms with Gasteiger partial charge in [-0.25, -0.2) is 4.98 Å². The third-order valence-corrected chi connectivity index (χ3v) is 4.87. The average molecular weight is 262 g/mol. The first-order valence-electron chi connectivity index (χ1n) is 7.37. The van der Waals surface area contributed by atoms with Crippen molar-refractivity contribution in [2.45, 2.75) is 46.0 Å². The molecule has 0 bridgehead atoms. The average Bonchev–Trinajstić information content (AvgIpc) is 3.02.